The van der Waals surface area contributed by atoms with E-state index >= 15 is 0 Å². The Hall–Kier alpha value is -2.38. The molecule has 0 radical (unpaired) electrons. The lowest BCUT2D eigenvalue weighted by atomic mass is 10.0. The van der Waals surface area contributed by atoms with Crippen molar-refractivity contribution in [3.63, 3.8) is 0 Å². The third-order valence-electron chi connectivity index (χ3n) is 4.24. The van der Waals surface area contributed by atoms with Crippen molar-refractivity contribution in [3.8, 4) is 0 Å². The summed E-state index contributed by atoms with van der Waals surface area (Å²) in [7, 11) is 0. The quantitative estimate of drug-likeness (QED) is 0.672. The first-order valence-corrected chi connectivity index (χ1v) is 8.07. The van der Waals surface area contributed by atoms with Crippen molar-refractivity contribution >= 4 is 40.2 Å². The second kappa shape index (κ2) is 6.50. The van der Waals surface area contributed by atoms with Crippen LogP contribution in [0.3, 0.4) is 0 Å². The predicted molar refractivity (Wildman–Crippen MR) is 88.5 cm³/mol. The van der Waals surface area contributed by atoms with Gasteiger partial charge in [0.2, 0.25) is 5.91 Å². The van der Waals surface area contributed by atoms with Crippen LogP contribution in [0.4, 0.5) is 0 Å². The molecule has 25 heavy (non-hydrogen) atoms. The Morgan fingerprint density at radius 2 is 2.04 bits per heavy atom. The van der Waals surface area contributed by atoms with Gasteiger partial charge in [0.25, 0.3) is 0 Å². The summed E-state index contributed by atoms with van der Waals surface area (Å²) >= 11 is 6.15. The summed E-state index contributed by atoms with van der Waals surface area (Å²) in [4.78, 5) is 35.5. The smallest absolute Gasteiger partial charge is 0.328 e. The normalized spacial score (nSPS) is 20.3. The van der Waals surface area contributed by atoms with Gasteiger partial charge in [-0.1, -0.05) is 11.6 Å². The molecule has 0 saturated heterocycles. The molecule has 7 nitrogen and oxygen atoms in total. The topological polar surface area (TPSA) is 117 Å². The van der Waals surface area contributed by atoms with Gasteiger partial charge in [0.1, 0.15) is 11.8 Å². The Labute approximate surface area is 147 Å². The largest absolute Gasteiger partial charge is 0.480 e. The summed E-state index contributed by atoms with van der Waals surface area (Å²) in [6, 6.07) is 3.58. The Morgan fingerprint density at radius 1 is 1.32 bits per heavy atom. The lowest BCUT2D eigenvalue weighted by Gasteiger charge is -2.11. The van der Waals surface area contributed by atoms with E-state index in [0.29, 0.717) is 33.7 Å². The van der Waals surface area contributed by atoms with Gasteiger partial charge in [-0.25, -0.2) is 4.79 Å². The van der Waals surface area contributed by atoms with Crippen LogP contribution in [0.2, 0.25) is 5.02 Å². The van der Waals surface area contributed by atoms with Gasteiger partial charge in [-0.2, -0.15) is 0 Å². The molecule has 0 spiro atoms. The van der Waals surface area contributed by atoms with Gasteiger partial charge < -0.3 is 19.9 Å². The fourth-order valence-corrected chi connectivity index (χ4v) is 3.10. The molecule has 3 atom stereocenters. The highest BCUT2D eigenvalue weighted by Crippen LogP contribution is 2.42. The summed E-state index contributed by atoms with van der Waals surface area (Å²) in [6.45, 7) is 1.07. The first kappa shape index (κ1) is 17.4. The Kier molecular flexibility index (Phi) is 4.53. The van der Waals surface area contributed by atoms with Crippen molar-refractivity contribution in [2.45, 2.75) is 19.4 Å². The number of aryl methyl sites for hydroxylation is 1. The summed E-state index contributed by atoms with van der Waals surface area (Å²) in [5, 5.41) is 21.1. The highest BCUT2D eigenvalue weighted by atomic mass is 35.5. The number of aliphatic hydroxyl groups excluding tert-OH is 1. The fraction of sp³-hybridized carbons (Fsp3) is 0.353. The Bertz CT molecular complexity index is 873. The molecule has 0 aliphatic heterocycles. The van der Waals surface area contributed by atoms with Gasteiger partial charge in [-0.05, 0) is 31.5 Å². The van der Waals surface area contributed by atoms with Crippen LogP contribution in [-0.4, -0.2) is 40.5 Å². The number of hydrogen-bond acceptors (Lipinski definition) is 5. The maximum atomic E-state index is 12.6. The summed E-state index contributed by atoms with van der Waals surface area (Å²) in [5.41, 5.74) is 0.892. The molecule has 3 rings (SSSR count). The number of fused-ring (bicyclic) bond motifs is 1. The lowest BCUT2D eigenvalue weighted by Crippen LogP contribution is -2.44. The number of aliphatic carboxylic acids is 1. The molecule has 1 aliphatic rings. The van der Waals surface area contributed by atoms with Crippen LogP contribution in [0.15, 0.2) is 22.6 Å². The zero-order valence-electron chi connectivity index (χ0n) is 13.3. The number of carboxylic acids is 1. The fourth-order valence-electron chi connectivity index (χ4n) is 2.83. The van der Waals surface area contributed by atoms with Crippen molar-refractivity contribution in [1.29, 1.82) is 0 Å². The molecule has 1 amide bonds. The number of aliphatic hydroxyl groups is 1. The number of amides is 1. The number of ketones is 1. The zero-order valence-corrected chi connectivity index (χ0v) is 14.0. The molecule has 1 aromatic carbocycles. The minimum Gasteiger partial charge on any atom is -0.480 e. The molecule has 1 fully saturated rings. The van der Waals surface area contributed by atoms with Gasteiger partial charge >= 0.3 is 5.97 Å². The molecule has 1 saturated carbocycles. The third kappa shape index (κ3) is 3.38. The van der Waals surface area contributed by atoms with E-state index in [1.165, 1.54) is 6.07 Å². The van der Waals surface area contributed by atoms with Crippen molar-refractivity contribution in [2.75, 3.05) is 6.61 Å². The molecule has 8 heteroatoms. The number of carbonyl (C=O) groups excluding carboxylic acids is 2. The van der Waals surface area contributed by atoms with Gasteiger partial charge in [0, 0.05) is 22.8 Å². The van der Waals surface area contributed by atoms with E-state index in [1.807, 2.05) is 0 Å². The van der Waals surface area contributed by atoms with E-state index in [0.717, 1.165) is 0 Å². The molecule has 1 aliphatic carbocycles. The monoisotopic (exact) mass is 365 g/mol. The summed E-state index contributed by atoms with van der Waals surface area (Å²) in [5.74, 6) is -2.54. The van der Waals surface area contributed by atoms with Gasteiger partial charge in [-0.3, -0.25) is 9.59 Å². The average molecular weight is 366 g/mol. The lowest BCUT2D eigenvalue weighted by molar-refractivity contribution is -0.143. The minimum absolute atomic E-state index is 0.223. The van der Waals surface area contributed by atoms with Crippen LogP contribution in [0.1, 0.15) is 22.5 Å². The third-order valence-corrected chi connectivity index (χ3v) is 4.52. The molecule has 132 valence electrons. The SMILES string of the molecule is Cc1cc2cc(C(=O)C3CC3C(=O)NC(CO)C(=O)O)cc(Cl)c2o1. The number of Topliss-reactive ketones (excluding diaryl/α,β-unsaturated/α-hetero) is 1. The number of rotatable bonds is 6. The minimum atomic E-state index is -1.37. The second-order valence-electron chi connectivity index (χ2n) is 6.13. The van der Waals surface area contributed by atoms with Gasteiger partial charge in [0.05, 0.1) is 11.6 Å². The van der Waals surface area contributed by atoms with E-state index in [4.69, 9.17) is 26.2 Å². The first-order valence-electron chi connectivity index (χ1n) is 7.69. The molecule has 2 aromatic rings. The number of hydrogen-bond donors (Lipinski definition) is 3. The maximum absolute atomic E-state index is 12.6. The van der Waals surface area contributed by atoms with Crippen LogP contribution in [0, 0.1) is 18.8 Å². The van der Waals surface area contributed by atoms with Crippen LogP contribution >= 0.6 is 11.6 Å². The van der Waals surface area contributed by atoms with Crippen molar-refractivity contribution in [3.05, 3.63) is 34.5 Å². The molecule has 3 N–H and O–H groups in total. The molecular formula is C17H16ClNO6. The second-order valence-corrected chi connectivity index (χ2v) is 6.54. The van der Waals surface area contributed by atoms with Crippen molar-refractivity contribution in [1.82, 2.24) is 5.32 Å². The average Bonchev–Trinajstić information content (AvgIpc) is 3.26. The number of nitrogens with one attached hydrogen (secondary N) is 1. The van der Waals surface area contributed by atoms with Gasteiger partial charge in [-0.15, -0.1) is 0 Å². The van der Waals surface area contributed by atoms with Crippen molar-refractivity contribution < 1.29 is 29.0 Å². The number of carboxylic acid groups (broad SMARTS) is 1. The number of benzene rings is 1. The summed E-state index contributed by atoms with van der Waals surface area (Å²) in [6.07, 6.45) is 0.336. The highest BCUT2D eigenvalue weighted by Gasteiger charge is 2.48. The molecule has 0 bridgehead atoms. The first-order chi connectivity index (χ1) is 11.8. The molecule has 1 heterocycles. The summed E-state index contributed by atoms with van der Waals surface area (Å²) < 4.78 is 5.46. The number of halogens is 1. The van der Waals surface area contributed by atoms with Crippen molar-refractivity contribution in [2.24, 2.45) is 11.8 Å². The van der Waals surface area contributed by atoms with Crippen LogP contribution < -0.4 is 5.32 Å². The van der Waals surface area contributed by atoms with E-state index < -0.39 is 36.4 Å². The Balaban J connectivity index is 1.73. The molecule has 1 aromatic heterocycles. The van der Waals surface area contributed by atoms with E-state index in [2.05, 4.69) is 5.32 Å². The van der Waals surface area contributed by atoms with Crippen LogP contribution in [0.5, 0.6) is 0 Å². The van der Waals surface area contributed by atoms with Gasteiger partial charge in [0.15, 0.2) is 11.4 Å². The van der Waals surface area contributed by atoms with E-state index in [-0.39, 0.29) is 5.78 Å². The maximum Gasteiger partial charge on any atom is 0.328 e. The molecular weight excluding hydrogens is 350 g/mol. The standard InChI is InChI=1S/C17H16ClNO6/c1-7-2-9-3-8(4-12(18)15(9)25-7)14(21)10-5-11(10)16(22)19-13(6-20)17(23)24/h2-4,10-11,13,20H,5-6H2,1H3,(H,19,22)(H,23,24). The zero-order chi connectivity index (χ0) is 18.3. The highest BCUT2D eigenvalue weighted by molar-refractivity contribution is 6.35. The molecule has 3 unspecified atom stereocenters. The predicted octanol–water partition coefficient (Wildman–Crippen LogP) is 1.78. The number of furan rings is 1. The Morgan fingerprint density at radius 3 is 2.68 bits per heavy atom. The van der Waals surface area contributed by atoms with E-state index in [1.54, 1.807) is 19.1 Å². The number of carbonyl (C=O) groups is 3. The van der Waals surface area contributed by atoms with E-state index in [9.17, 15) is 14.4 Å². The van der Waals surface area contributed by atoms with Crippen LogP contribution in [-0.2, 0) is 9.59 Å². The van der Waals surface area contributed by atoms with Crippen LogP contribution in [0.25, 0.3) is 11.0 Å².